The maximum atomic E-state index is 5.38. The number of aromatic nitrogens is 3. The minimum atomic E-state index is 0.0754. The summed E-state index contributed by atoms with van der Waals surface area (Å²) < 4.78 is 0. The van der Waals surface area contributed by atoms with Crippen LogP contribution in [0.15, 0.2) is 24.9 Å². The van der Waals surface area contributed by atoms with E-state index < -0.39 is 0 Å². The van der Waals surface area contributed by atoms with Crippen molar-refractivity contribution in [1.82, 2.24) is 15.0 Å². The summed E-state index contributed by atoms with van der Waals surface area (Å²) in [5, 5.41) is 2.84. The van der Waals surface area contributed by atoms with E-state index in [0.717, 1.165) is 0 Å². The Hall–Kier alpha value is -2.11. The summed E-state index contributed by atoms with van der Waals surface area (Å²) in [6, 6.07) is 0. The van der Waals surface area contributed by atoms with Crippen molar-refractivity contribution in [3.8, 4) is 0 Å². The summed E-state index contributed by atoms with van der Waals surface area (Å²) in [4.78, 5) is 11.3. The molecule has 0 spiro atoms. The number of anilines is 3. The van der Waals surface area contributed by atoms with E-state index in [4.69, 9.17) is 11.5 Å². The van der Waals surface area contributed by atoms with E-state index in [9.17, 15) is 0 Å². The summed E-state index contributed by atoms with van der Waals surface area (Å²) >= 11 is 0. The summed E-state index contributed by atoms with van der Waals surface area (Å²) in [5.74, 6) is 0.444. The van der Waals surface area contributed by atoms with E-state index in [2.05, 4.69) is 33.4 Å². The highest BCUT2D eigenvalue weighted by Crippen LogP contribution is 2.07. The predicted molar refractivity (Wildman–Crippen MR) is 56.2 cm³/mol. The highest BCUT2D eigenvalue weighted by molar-refractivity contribution is 5.41. The minimum absolute atomic E-state index is 0.0754. The fraction of sp³-hybridized carbons (Fsp3) is 0.125. The first-order valence-corrected chi connectivity index (χ1v) is 3.94. The number of nitrogens with one attached hydrogen (secondary N) is 1. The molecule has 6 heteroatoms. The third-order valence-corrected chi connectivity index (χ3v) is 1.35. The van der Waals surface area contributed by atoms with Crippen molar-refractivity contribution in [2.45, 2.75) is 6.42 Å². The highest BCUT2D eigenvalue weighted by Gasteiger charge is 2.01. The number of nitrogens with zero attached hydrogens (tertiary/aromatic N) is 3. The highest BCUT2D eigenvalue weighted by atomic mass is 15.2. The average molecular weight is 192 g/mol. The molecule has 0 saturated heterocycles. The zero-order valence-corrected chi connectivity index (χ0v) is 7.70. The number of hydrogen-bond acceptors (Lipinski definition) is 6. The normalized spacial score (nSPS) is 9.43. The third kappa shape index (κ3) is 2.74. The average Bonchev–Trinajstić information content (AvgIpc) is 2.01. The summed E-state index contributed by atoms with van der Waals surface area (Å²) in [6.45, 7) is 7.31. The molecule has 0 aliphatic heterocycles. The topological polar surface area (TPSA) is 103 Å². The quantitative estimate of drug-likeness (QED) is 0.601. The third-order valence-electron chi connectivity index (χ3n) is 1.35. The van der Waals surface area contributed by atoms with Gasteiger partial charge in [0.1, 0.15) is 0 Å². The van der Waals surface area contributed by atoms with E-state index in [1.54, 1.807) is 6.08 Å². The Morgan fingerprint density at radius 2 is 1.86 bits per heavy atom. The van der Waals surface area contributed by atoms with Crippen LogP contribution >= 0.6 is 0 Å². The molecule has 1 aromatic rings. The molecule has 1 aromatic heterocycles. The molecule has 5 N–H and O–H groups in total. The molecule has 14 heavy (non-hydrogen) atoms. The number of nitrogens with two attached hydrogens (primary N) is 2. The maximum Gasteiger partial charge on any atom is 0.233 e. The van der Waals surface area contributed by atoms with E-state index in [0.29, 0.717) is 18.1 Å². The number of hydrogen-bond donors (Lipinski definition) is 3. The summed E-state index contributed by atoms with van der Waals surface area (Å²) in [7, 11) is 0. The van der Waals surface area contributed by atoms with E-state index in [-0.39, 0.29) is 11.9 Å². The maximum absolute atomic E-state index is 5.38. The van der Waals surface area contributed by atoms with E-state index in [1.165, 1.54) is 0 Å². The van der Waals surface area contributed by atoms with Gasteiger partial charge in [-0.2, -0.15) is 15.0 Å². The Labute approximate surface area is 81.8 Å². The van der Waals surface area contributed by atoms with Gasteiger partial charge in [-0.1, -0.05) is 12.7 Å². The van der Waals surface area contributed by atoms with Crippen LogP contribution in [0.5, 0.6) is 0 Å². The Morgan fingerprint density at radius 3 is 2.36 bits per heavy atom. The van der Waals surface area contributed by atoms with Crippen LogP contribution < -0.4 is 16.8 Å². The zero-order chi connectivity index (χ0) is 10.6. The smallest absolute Gasteiger partial charge is 0.233 e. The second kappa shape index (κ2) is 4.22. The van der Waals surface area contributed by atoms with Gasteiger partial charge in [0.2, 0.25) is 17.8 Å². The van der Waals surface area contributed by atoms with Crippen LogP contribution in [0.2, 0.25) is 0 Å². The van der Waals surface area contributed by atoms with Crippen molar-refractivity contribution >= 4 is 17.8 Å². The number of nitrogen functional groups attached to an aromatic ring is 2. The van der Waals surface area contributed by atoms with Crippen LogP contribution in [0.1, 0.15) is 6.42 Å². The van der Waals surface area contributed by atoms with Gasteiger partial charge in [0.05, 0.1) is 0 Å². The largest absolute Gasteiger partial charge is 0.368 e. The van der Waals surface area contributed by atoms with Crippen LogP contribution in [0.3, 0.4) is 0 Å². The first kappa shape index (κ1) is 9.97. The van der Waals surface area contributed by atoms with Gasteiger partial charge >= 0.3 is 0 Å². The van der Waals surface area contributed by atoms with Crippen LogP contribution in [-0.2, 0) is 0 Å². The van der Waals surface area contributed by atoms with Crippen LogP contribution in [-0.4, -0.2) is 15.0 Å². The molecule has 1 rings (SSSR count). The molecular weight excluding hydrogens is 180 g/mol. The van der Waals surface area contributed by atoms with Gasteiger partial charge in [-0.05, 0) is 0 Å². The van der Waals surface area contributed by atoms with Gasteiger partial charge < -0.3 is 16.8 Å². The molecule has 0 saturated carbocycles. The second-order valence-corrected chi connectivity index (χ2v) is 2.60. The lowest BCUT2D eigenvalue weighted by Gasteiger charge is -2.05. The molecule has 74 valence electrons. The molecule has 1 heterocycles. The summed E-state index contributed by atoms with van der Waals surface area (Å²) in [6.07, 6.45) is 2.33. The molecule has 0 fully saturated rings. The number of allylic oxidation sites excluding steroid dienone is 1. The molecule has 0 bridgehead atoms. The fourth-order valence-electron chi connectivity index (χ4n) is 0.849. The van der Waals surface area contributed by atoms with Crippen LogP contribution in [0.4, 0.5) is 17.8 Å². The monoisotopic (exact) mass is 192 g/mol. The van der Waals surface area contributed by atoms with Crippen LogP contribution in [0, 0.1) is 0 Å². The molecule has 0 aromatic carbocycles. The van der Waals surface area contributed by atoms with Crippen molar-refractivity contribution in [2.75, 3.05) is 16.8 Å². The van der Waals surface area contributed by atoms with Crippen LogP contribution in [0.25, 0.3) is 0 Å². The lowest BCUT2D eigenvalue weighted by atomic mass is 10.3. The Morgan fingerprint density at radius 1 is 1.29 bits per heavy atom. The molecule has 0 aliphatic carbocycles. The predicted octanol–water partition coefficient (Wildman–Crippen LogP) is 0.538. The van der Waals surface area contributed by atoms with Crippen molar-refractivity contribution in [3.05, 3.63) is 24.9 Å². The van der Waals surface area contributed by atoms with Crippen molar-refractivity contribution in [3.63, 3.8) is 0 Å². The van der Waals surface area contributed by atoms with Gasteiger partial charge in [0.25, 0.3) is 0 Å². The first-order chi connectivity index (χ1) is 6.61. The lowest BCUT2D eigenvalue weighted by Crippen LogP contribution is -2.08. The molecule has 0 aliphatic rings. The van der Waals surface area contributed by atoms with Gasteiger partial charge in [-0.15, -0.1) is 6.58 Å². The standard InChI is InChI=1S/C8H12N6/c1-3-4-5(2)11-8-13-6(9)12-7(10)14-8/h3H,1-2,4H2,(H5,9,10,11,12,13,14). The van der Waals surface area contributed by atoms with Gasteiger partial charge in [-0.3, -0.25) is 0 Å². The summed E-state index contributed by atoms with van der Waals surface area (Å²) in [5.41, 5.74) is 11.5. The Kier molecular flexibility index (Phi) is 3.01. The van der Waals surface area contributed by atoms with Crippen molar-refractivity contribution in [2.24, 2.45) is 0 Å². The lowest BCUT2D eigenvalue weighted by molar-refractivity contribution is 1.06. The molecule has 6 nitrogen and oxygen atoms in total. The molecular formula is C8H12N6. The fourth-order valence-corrected chi connectivity index (χ4v) is 0.849. The Bertz CT molecular complexity index is 339. The van der Waals surface area contributed by atoms with Crippen molar-refractivity contribution in [1.29, 1.82) is 0 Å². The van der Waals surface area contributed by atoms with Gasteiger partial charge in [0, 0.05) is 12.1 Å². The number of rotatable bonds is 4. The molecule has 0 radical (unpaired) electrons. The minimum Gasteiger partial charge on any atom is -0.368 e. The second-order valence-electron chi connectivity index (χ2n) is 2.60. The van der Waals surface area contributed by atoms with Gasteiger partial charge in [-0.25, -0.2) is 0 Å². The first-order valence-electron chi connectivity index (χ1n) is 3.94. The zero-order valence-electron chi connectivity index (χ0n) is 7.70. The van der Waals surface area contributed by atoms with Crippen molar-refractivity contribution < 1.29 is 0 Å². The van der Waals surface area contributed by atoms with E-state index >= 15 is 0 Å². The SMILES string of the molecule is C=CCC(=C)Nc1nc(N)nc(N)n1. The molecule has 0 amide bonds. The van der Waals surface area contributed by atoms with Gasteiger partial charge in [0.15, 0.2) is 0 Å². The Balaban J connectivity index is 2.76. The molecule has 0 unspecified atom stereocenters. The molecule has 0 atom stereocenters. The van der Waals surface area contributed by atoms with E-state index in [1.807, 2.05) is 0 Å².